The highest BCUT2D eigenvalue weighted by atomic mass is 35.5. The van der Waals surface area contributed by atoms with Crippen LogP contribution < -0.4 is 10.6 Å². The van der Waals surface area contributed by atoms with E-state index in [1.807, 2.05) is 12.1 Å². The summed E-state index contributed by atoms with van der Waals surface area (Å²) in [6.07, 6.45) is 4.57. The Kier molecular flexibility index (Phi) is 4.19. The van der Waals surface area contributed by atoms with E-state index in [1.54, 1.807) is 6.07 Å². The normalized spacial score (nSPS) is 19.1. The maximum absolute atomic E-state index is 12.2. The number of amides is 3. The number of urea groups is 1. The number of carbonyl (C=O) groups is 2. The molecule has 26 heavy (non-hydrogen) atoms. The summed E-state index contributed by atoms with van der Waals surface area (Å²) in [6, 6.07) is 5.40. The number of aromatic nitrogens is 2. The zero-order valence-corrected chi connectivity index (χ0v) is 15.2. The topological polar surface area (TPSA) is 87.2 Å². The fourth-order valence-corrected chi connectivity index (χ4v) is 3.52. The van der Waals surface area contributed by atoms with Crippen LogP contribution in [0.3, 0.4) is 0 Å². The Labute approximate surface area is 156 Å². The van der Waals surface area contributed by atoms with E-state index in [9.17, 15) is 9.59 Å². The molecule has 136 valence electrons. The van der Waals surface area contributed by atoms with Crippen molar-refractivity contribution in [3.05, 3.63) is 29.5 Å². The number of halogens is 1. The average Bonchev–Trinajstić information content (AvgIpc) is 3.34. The first-order valence-electron chi connectivity index (χ1n) is 8.79. The second-order valence-electron chi connectivity index (χ2n) is 7.04. The van der Waals surface area contributed by atoms with Gasteiger partial charge in [-0.15, -0.1) is 0 Å². The number of imide groups is 1. The summed E-state index contributed by atoms with van der Waals surface area (Å²) in [5.41, 5.74) is 0.221. The minimum absolute atomic E-state index is 0.0678. The lowest BCUT2D eigenvalue weighted by molar-refractivity contribution is -0.128. The first-order chi connectivity index (χ1) is 12.5. The molecular weight excluding hydrogens is 354 g/mol. The summed E-state index contributed by atoms with van der Waals surface area (Å²) < 4.78 is 0. The highest BCUT2D eigenvalue weighted by molar-refractivity contribution is 6.31. The average molecular weight is 374 g/mol. The molecule has 7 nitrogen and oxygen atoms in total. The van der Waals surface area contributed by atoms with Crippen LogP contribution in [0, 0.1) is 0 Å². The summed E-state index contributed by atoms with van der Waals surface area (Å²) in [6.45, 7) is 2.50. The highest BCUT2D eigenvalue weighted by Gasteiger charge is 2.59. The molecule has 2 heterocycles. The van der Waals surface area contributed by atoms with E-state index >= 15 is 0 Å². The van der Waals surface area contributed by atoms with Gasteiger partial charge >= 0.3 is 6.03 Å². The minimum atomic E-state index is -0.567. The molecule has 2 N–H and O–H groups in total. The Bertz CT molecular complexity index is 883. The van der Waals surface area contributed by atoms with Crippen LogP contribution in [0.5, 0.6) is 0 Å². The smallest absolute Gasteiger partial charge is 0.325 e. The molecule has 4 rings (SSSR count). The fraction of sp³-hybridized carbons (Fsp3) is 0.444. The van der Waals surface area contributed by atoms with Crippen LogP contribution in [0.4, 0.5) is 10.6 Å². The molecule has 8 heteroatoms. The molecule has 1 saturated heterocycles. The molecule has 0 bridgehead atoms. The number of benzene rings is 1. The van der Waals surface area contributed by atoms with Crippen molar-refractivity contribution in [3.63, 3.8) is 0 Å². The highest BCUT2D eigenvalue weighted by Crippen LogP contribution is 2.40. The van der Waals surface area contributed by atoms with E-state index in [2.05, 4.69) is 27.5 Å². The summed E-state index contributed by atoms with van der Waals surface area (Å²) in [7, 11) is 0. The number of nitrogens with zero attached hydrogens (tertiary/aromatic N) is 3. The molecule has 0 unspecified atom stereocenters. The lowest BCUT2D eigenvalue weighted by Crippen LogP contribution is -2.33. The van der Waals surface area contributed by atoms with Gasteiger partial charge in [0, 0.05) is 23.0 Å². The van der Waals surface area contributed by atoms with Gasteiger partial charge in [-0.1, -0.05) is 11.6 Å². The fourth-order valence-electron chi connectivity index (χ4n) is 3.35. The number of rotatable bonds is 6. The van der Waals surface area contributed by atoms with Gasteiger partial charge < -0.3 is 10.6 Å². The van der Waals surface area contributed by atoms with Crippen LogP contribution in [-0.4, -0.2) is 44.9 Å². The molecule has 1 spiro atoms. The predicted octanol–water partition coefficient (Wildman–Crippen LogP) is 2.95. The van der Waals surface area contributed by atoms with E-state index in [-0.39, 0.29) is 18.0 Å². The van der Waals surface area contributed by atoms with E-state index < -0.39 is 5.54 Å². The van der Waals surface area contributed by atoms with Gasteiger partial charge in [0.2, 0.25) is 0 Å². The van der Waals surface area contributed by atoms with Crippen LogP contribution in [0.15, 0.2) is 24.5 Å². The number of nitrogens with one attached hydrogen (secondary N) is 2. The van der Waals surface area contributed by atoms with Gasteiger partial charge in [0.1, 0.15) is 17.7 Å². The summed E-state index contributed by atoms with van der Waals surface area (Å²) >= 11 is 6.01. The molecule has 0 radical (unpaired) electrons. The van der Waals surface area contributed by atoms with Crippen molar-refractivity contribution in [2.45, 2.75) is 44.2 Å². The Balaban J connectivity index is 1.34. The second kappa shape index (κ2) is 6.39. The number of hydrogen-bond donors (Lipinski definition) is 2. The zero-order valence-electron chi connectivity index (χ0n) is 14.5. The van der Waals surface area contributed by atoms with Crippen LogP contribution in [0.2, 0.25) is 5.02 Å². The Morgan fingerprint density at radius 2 is 2.15 bits per heavy atom. The monoisotopic (exact) mass is 373 g/mol. The predicted molar refractivity (Wildman–Crippen MR) is 99.1 cm³/mol. The second-order valence-corrected chi connectivity index (χ2v) is 7.48. The molecule has 1 aliphatic heterocycles. The van der Waals surface area contributed by atoms with Crippen molar-refractivity contribution in [1.82, 2.24) is 20.2 Å². The van der Waals surface area contributed by atoms with Gasteiger partial charge in [-0.2, -0.15) is 0 Å². The zero-order chi connectivity index (χ0) is 18.3. The van der Waals surface area contributed by atoms with Crippen molar-refractivity contribution >= 4 is 40.3 Å². The van der Waals surface area contributed by atoms with Gasteiger partial charge in [0.05, 0.1) is 5.52 Å². The molecule has 3 amide bonds. The van der Waals surface area contributed by atoms with Crippen molar-refractivity contribution in [2.24, 2.45) is 0 Å². The van der Waals surface area contributed by atoms with E-state index in [1.165, 1.54) is 11.2 Å². The van der Waals surface area contributed by atoms with Gasteiger partial charge in [0.15, 0.2) is 0 Å². The van der Waals surface area contributed by atoms with Crippen molar-refractivity contribution in [3.8, 4) is 0 Å². The van der Waals surface area contributed by atoms with E-state index in [0.717, 1.165) is 42.4 Å². The number of anilines is 1. The molecule has 2 aromatic rings. The van der Waals surface area contributed by atoms with Crippen molar-refractivity contribution in [2.75, 3.05) is 11.9 Å². The first kappa shape index (κ1) is 17.0. The maximum Gasteiger partial charge on any atom is 0.325 e. The number of hydrogen-bond acceptors (Lipinski definition) is 5. The summed E-state index contributed by atoms with van der Waals surface area (Å²) in [4.78, 5) is 34.1. The standard InChI is InChI=1S/C18H20ClN5O2/c1-11(3-2-8-24-16(25)18(6-7-18)23-17(24)26)22-15-13-5-4-12(19)9-14(13)20-10-21-15/h4-5,9-11H,2-3,6-8H2,1H3,(H,23,26)(H,20,21,22)/t11-/m0/s1. The number of carbonyl (C=O) groups excluding carboxylic acids is 2. The molecular formula is C18H20ClN5O2. The Hall–Kier alpha value is -2.41. The Morgan fingerprint density at radius 1 is 1.35 bits per heavy atom. The largest absolute Gasteiger partial charge is 0.367 e. The minimum Gasteiger partial charge on any atom is -0.367 e. The van der Waals surface area contributed by atoms with Gasteiger partial charge in [-0.05, 0) is 50.8 Å². The molecule has 1 aromatic heterocycles. The van der Waals surface area contributed by atoms with Crippen molar-refractivity contribution < 1.29 is 9.59 Å². The molecule has 1 aliphatic carbocycles. The molecule has 2 fully saturated rings. The first-order valence-corrected chi connectivity index (χ1v) is 9.17. The van der Waals surface area contributed by atoms with Crippen LogP contribution >= 0.6 is 11.6 Å². The van der Waals surface area contributed by atoms with Gasteiger partial charge in [-0.25, -0.2) is 14.8 Å². The number of fused-ring (bicyclic) bond motifs is 1. The van der Waals surface area contributed by atoms with Gasteiger partial charge in [0.25, 0.3) is 5.91 Å². The summed E-state index contributed by atoms with van der Waals surface area (Å²) in [5.74, 6) is 0.688. The molecule has 1 aromatic carbocycles. The van der Waals surface area contributed by atoms with E-state index in [0.29, 0.717) is 11.6 Å². The maximum atomic E-state index is 12.2. The lowest BCUT2D eigenvalue weighted by atomic mass is 10.1. The third kappa shape index (κ3) is 3.07. The Morgan fingerprint density at radius 3 is 2.88 bits per heavy atom. The van der Waals surface area contributed by atoms with E-state index in [4.69, 9.17) is 11.6 Å². The van der Waals surface area contributed by atoms with Crippen LogP contribution in [-0.2, 0) is 4.79 Å². The molecule has 1 saturated carbocycles. The lowest BCUT2D eigenvalue weighted by Gasteiger charge is -2.18. The van der Waals surface area contributed by atoms with Crippen LogP contribution in [0.1, 0.15) is 32.6 Å². The van der Waals surface area contributed by atoms with Crippen molar-refractivity contribution in [1.29, 1.82) is 0 Å². The van der Waals surface area contributed by atoms with Gasteiger partial charge in [-0.3, -0.25) is 9.69 Å². The quantitative estimate of drug-likeness (QED) is 0.760. The third-order valence-corrected chi connectivity index (χ3v) is 5.23. The third-order valence-electron chi connectivity index (χ3n) is 5.00. The SMILES string of the molecule is C[C@@H](CCCN1C(=O)NC2(CC2)C1=O)Nc1ncnc2cc(Cl)ccc12. The summed E-state index contributed by atoms with van der Waals surface area (Å²) in [5, 5.41) is 7.73. The molecule has 1 atom stereocenters. The van der Waals surface area contributed by atoms with Crippen LogP contribution in [0.25, 0.3) is 10.9 Å². The molecule has 2 aliphatic rings.